The lowest BCUT2D eigenvalue weighted by Gasteiger charge is -2.38. The molecule has 0 saturated carbocycles. The maximum atomic E-state index is 13.3. The molecule has 10 nitrogen and oxygen atoms in total. The van der Waals surface area contributed by atoms with Gasteiger partial charge in [0.25, 0.3) is 17.4 Å². The van der Waals surface area contributed by atoms with E-state index in [-0.39, 0.29) is 23.4 Å². The van der Waals surface area contributed by atoms with Crippen molar-refractivity contribution in [3.63, 3.8) is 0 Å². The highest BCUT2D eigenvalue weighted by Crippen LogP contribution is 2.34. The first-order chi connectivity index (χ1) is 18.2. The Morgan fingerprint density at radius 1 is 1.13 bits per heavy atom. The number of nitrogens with one attached hydrogen (secondary N) is 1. The van der Waals surface area contributed by atoms with Crippen molar-refractivity contribution in [1.82, 2.24) is 19.8 Å². The van der Waals surface area contributed by atoms with Crippen LogP contribution in [0, 0.1) is 0 Å². The van der Waals surface area contributed by atoms with E-state index in [1.165, 1.54) is 11.2 Å². The van der Waals surface area contributed by atoms with E-state index in [0.717, 1.165) is 33.4 Å². The molecule has 1 fully saturated rings. The topological polar surface area (TPSA) is 114 Å². The summed E-state index contributed by atoms with van der Waals surface area (Å²) in [5.74, 6) is -1.16. The van der Waals surface area contributed by atoms with Crippen molar-refractivity contribution < 1.29 is 19.1 Å². The van der Waals surface area contributed by atoms with Crippen molar-refractivity contribution in [3.8, 4) is 11.1 Å². The number of fused-ring (bicyclic) bond motifs is 2. The fraction of sp³-hybridized carbons (Fsp3) is 0.250. The van der Waals surface area contributed by atoms with Gasteiger partial charge in [-0.2, -0.15) is 0 Å². The molecule has 0 spiro atoms. The average molecular weight is 514 g/mol. The first-order valence-corrected chi connectivity index (χ1v) is 12.1. The Morgan fingerprint density at radius 2 is 1.89 bits per heavy atom. The van der Waals surface area contributed by atoms with Crippen LogP contribution in [-0.4, -0.2) is 65.0 Å². The SMILES string of the molecule is C=C(NC(=O)C(=C)n1cnc2c(-c3ccc4c(c3)CCN4C(C)=O)cccc2c1=O)C(=O)N1CC(OC)C1. The van der Waals surface area contributed by atoms with Crippen LogP contribution in [0.15, 0.2) is 66.4 Å². The van der Waals surface area contributed by atoms with E-state index in [0.29, 0.717) is 30.5 Å². The van der Waals surface area contributed by atoms with Gasteiger partial charge in [-0.15, -0.1) is 0 Å². The highest BCUT2D eigenvalue weighted by Gasteiger charge is 2.32. The van der Waals surface area contributed by atoms with E-state index in [1.54, 1.807) is 31.1 Å². The number of benzene rings is 2. The summed E-state index contributed by atoms with van der Waals surface area (Å²) in [5.41, 5.74) is 3.28. The zero-order chi connectivity index (χ0) is 27.1. The van der Waals surface area contributed by atoms with Crippen molar-refractivity contribution in [2.45, 2.75) is 19.4 Å². The van der Waals surface area contributed by atoms with Crippen LogP contribution in [0.1, 0.15) is 12.5 Å². The minimum Gasteiger partial charge on any atom is -0.378 e. The van der Waals surface area contributed by atoms with Gasteiger partial charge in [-0.3, -0.25) is 23.7 Å². The minimum atomic E-state index is -0.736. The van der Waals surface area contributed by atoms with E-state index in [1.807, 2.05) is 24.3 Å². The average Bonchev–Trinajstić information content (AvgIpc) is 3.31. The highest BCUT2D eigenvalue weighted by molar-refractivity contribution is 6.15. The lowest BCUT2D eigenvalue weighted by molar-refractivity contribution is -0.139. The number of hydrogen-bond acceptors (Lipinski definition) is 6. The number of methoxy groups -OCH3 is 1. The third kappa shape index (κ3) is 4.28. The van der Waals surface area contributed by atoms with Gasteiger partial charge >= 0.3 is 0 Å². The summed E-state index contributed by atoms with van der Waals surface area (Å²) in [4.78, 5) is 58.2. The van der Waals surface area contributed by atoms with Gasteiger partial charge in [0.05, 0.1) is 22.7 Å². The number of anilines is 1. The Balaban J connectivity index is 1.39. The van der Waals surface area contributed by atoms with Crippen LogP contribution in [0.4, 0.5) is 5.69 Å². The fourth-order valence-corrected chi connectivity index (χ4v) is 4.79. The van der Waals surface area contributed by atoms with E-state index in [4.69, 9.17) is 4.74 Å². The standard InChI is InChI=1S/C28H27N5O5/c1-16(27(36)31-13-21(14-31)38-4)30-26(35)17(2)33-15-29-25-22(6-5-7-23(25)28(33)37)19-8-9-24-20(12-19)10-11-32(24)18(3)34/h5-9,12,15,21H,1-2,10-11,13-14H2,3-4H3,(H,30,35). The van der Waals surface area contributed by atoms with Gasteiger partial charge in [-0.25, -0.2) is 4.98 Å². The van der Waals surface area contributed by atoms with Gasteiger partial charge in [0.1, 0.15) is 12.0 Å². The molecule has 0 aliphatic carbocycles. The van der Waals surface area contributed by atoms with E-state index in [2.05, 4.69) is 23.5 Å². The molecule has 1 aromatic heterocycles. The van der Waals surface area contributed by atoms with E-state index >= 15 is 0 Å². The number of nitrogens with zero attached hydrogens (tertiary/aromatic N) is 4. The van der Waals surface area contributed by atoms with Crippen LogP contribution in [0.3, 0.4) is 0 Å². The molecule has 10 heteroatoms. The number of likely N-dealkylation sites (tertiary alicyclic amines) is 1. The number of rotatable bonds is 6. The molecule has 3 amide bonds. The molecular formula is C28H27N5O5. The molecule has 2 aliphatic rings. The summed E-state index contributed by atoms with van der Waals surface area (Å²) in [5, 5.41) is 2.74. The molecular weight excluding hydrogens is 486 g/mol. The second kappa shape index (κ2) is 9.71. The molecule has 38 heavy (non-hydrogen) atoms. The van der Waals surface area contributed by atoms with Crippen LogP contribution >= 0.6 is 0 Å². The number of aromatic nitrogens is 2. The summed E-state index contributed by atoms with van der Waals surface area (Å²) in [6, 6.07) is 11.1. The molecule has 5 rings (SSSR count). The summed E-state index contributed by atoms with van der Waals surface area (Å²) in [6.45, 7) is 10.4. The van der Waals surface area contributed by atoms with Gasteiger partial charge in [0.2, 0.25) is 5.91 Å². The van der Waals surface area contributed by atoms with Crippen LogP contribution < -0.4 is 15.8 Å². The number of carbonyl (C=O) groups excluding carboxylic acids is 3. The van der Waals surface area contributed by atoms with Crippen molar-refractivity contribution >= 4 is 40.0 Å². The molecule has 2 aromatic carbocycles. The molecule has 2 aliphatic heterocycles. The number of ether oxygens (including phenoxy) is 1. The third-order valence-electron chi connectivity index (χ3n) is 7.00. The van der Waals surface area contributed by atoms with Gasteiger partial charge < -0.3 is 19.9 Å². The maximum absolute atomic E-state index is 13.3. The molecule has 3 aromatic rings. The lowest BCUT2D eigenvalue weighted by atomic mass is 9.99. The zero-order valence-electron chi connectivity index (χ0n) is 21.2. The summed E-state index contributed by atoms with van der Waals surface area (Å²) >= 11 is 0. The fourth-order valence-electron chi connectivity index (χ4n) is 4.79. The van der Waals surface area contributed by atoms with Crippen LogP contribution in [-0.2, 0) is 25.5 Å². The predicted molar refractivity (Wildman–Crippen MR) is 143 cm³/mol. The third-order valence-corrected chi connectivity index (χ3v) is 7.00. The largest absolute Gasteiger partial charge is 0.378 e. The van der Waals surface area contributed by atoms with Gasteiger partial charge in [0.15, 0.2) is 0 Å². The Labute approximate surface area is 218 Å². The Kier molecular flexibility index (Phi) is 6.41. The highest BCUT2D eigenvalue weighted by atomic mass is 16.5. The first-order valence-electron chi connectivity index (χ1n) is 12.1. The van der Waals surface area contributed by atoms with Crippen molar-refractivity contribution in [2.75, 3.05) is 31.6 Å². The summed E-state index contributed by atoms with van der Waals surface area (Å²) in [7, 11) is 1.57. The maximum Gasteiger partial charge on any atom is 0.272 e. The lowest BCUT2D eigenvalue weighted by Crippen LogP contribution is -2.55. The first kappa shape index (κ1) is 25.1. The molecule has 3 heterocycles. The van der Waals surface area contributed by atoms with Crippen LogP contribution in [0.5, 0.6) is 0 Å². The second-order valence-corrected chi connectivity index (χ2v) is 9.33. The van der Waals surface area contributed by atoms with Crippen molar-refractivity contribution in [2.24, 2.45) is 0 Å². The van der Waals surface area contributed by atoms with E-state index < -0.39 is 17.4 Å². The van der Waals surface area contributed by atoms with E-state index in [9.17, 15) is 19.2 Å². The Morgan fingerprint density at radius 3 is 2.61 bits per heavy atom. The Bertz CT molecular complexity index is 1580. The minimum absolute atomic E-state index is 0.00126. The molecule has 0 radical (unpaired) electrons. The van der Waals surface area contributed by atoms with Gasteiger partial charge in [-0.05, 0) is 35.7 Å². The predicted octanol–water partition coefficient (Wildman–Crippen LogP) is 1.93. The monoisotopic (exact) mass is 513 g/mol. The molecule has 0 unspecified atom stereocenters. The normalized spacial score (nSPS) is 14.7. The molecule has 0 bridgehead atoms. The van der Waals surface area contributed by atoms with Gasteiger partial charge in [-0.1, -0.05) is 31.4 Å². The van der Waals surface area contributed by atoms with Crippen molar-refractivity contribution in [3.05, 3.63) is 77.5 Å². The van der Waals surface area contributed by atoms with Crippen LogP contribution in [0.25, 0.3) is 27.7 Å². The number of para-hydroxylation sites is 1. The molecule has 194 valence electrons. The summed E-state index contributed by atoms with van der Waals surface area (Å²) < 4.78 is 6.21. The smallest absolute Gasteiger partial charge is 0.272 e. The Hall–Kier alpha value is -4.57. The van der Waals surface area contributed by atoms with Crippen LogP contribution in [0.2, 0.25) is 0 Å². The molecule has 1 saturated heterocycles. The zero-order valence-corrected chi connectivity index (χ0v) is 21.2. The number of amides is 3. The van der Waals surface area contributed by atoms with Crippen molar-refractivity contribution in [1.29, 1.82) is 0 Å². The molecule has 1 N–H and O–H groups in total. The number of hydrogen-bond donors (Lipinski definition) is 1. The van der Waals surface area contributed by atoms with Gasteiger partial charge in [0, 0.05) is 44.9 Å². The number of carbonyl (C=O) groups is 3. The molecule has 0 atom stereocenters. The quantitative estimate of drug-likeness (QED) is 0.504. The summed E-state index contributed by atoms with van der Waals surface area (Å²) in [6.07, 6.45) is 1.97. The second-order valence-electron chi connectivity index (χ2n) is 9.33.